The molecule has 0 saturated carbocycles. The van der Waals surface area contributed by atoms with Gasteiger partial charge in [0, 0.05) is 40.5 Å². The van der Waals surface area contributed by atoms with Crippen LogP contribution in [0, 0.1) is 10.4 Å². The van der Waals surface area contributed by atoms with E-state index in [4.69, 9.17) is 4.74 Å². The minimum Gasteiger partial charge on any atom is -0.511 e. The SMILES string of the molecule is CCCCCCCCCCCCCCCc1cccc(Oc2cc(NCCO)c3c4c2nc(=O)c(=C(O)CCCC)c=4c2ccccc2c3=O)c1. The fourth-order valence-corrected chi connectivity index (χ4v) is 7.31. The fourth-order valence-electron chi connectivity index (χ4n) is 7.31. The van der Waals surface area contributed by atoms with Gasteiger partial charge in [0.15, 0.2) is 11.2 Å². The third-order valence-corrected chi connectivity index (χ3v) is 10.0. The van der Waals surface area contributed by atoms with Gasteiger partial charge in [-0.05, 0) is 42.3 Å². The van der Waals surface area contributed by atoms with Crippen LogP contribution in [0.1, 0.15) is 122 Å². The Kier molecular flexibility index (Phi) is 14.5. The lowest BCUT2D eigenvalue weighted by Gasteiger charge is -2.16. The Morgan fingerprint density at radius 1 is 0.745 bits per heavy atom. The Morgan fingerprint density at radius 3 is 2.06 bits per heavy atom. The van der Waals surface area contributed by atoms with Gasteiger partial charge in [0.05, 0.1) is 17.2 Å². The summed E-state index contributed by atoms with van der Waals surface area (Å²) in [5.74, 6) is 0.918. The average Bonchev–Trinajstić information content (AvgIpc) is 3.14. The van der Waals surface area contributed by atoms with Crippen molar-refractivity contribution in [1.29, 1.82) is 0 Å². The summed E-state index contributed by atoms with van der Waals surface area (Å²) in [7, 11) is 0. The minimum absolute atomic E-state index is 0.0293. The van der Waals surface area contributed by atoms with Gasteiger partial charge < -0.3 is 20.3 Å². The normalized spacial score (nSPS) is 12.3. The number of hydrogen-bond donors (Lipinski definition) is 3. The fraction of sp³-hybridized carbons (Fsp3) is 0.477. The van der Waals surface area contributed by atoms with Crippen molar-refractivity contribution in [2.24, 2.45) is 0 Å². The lowest BCUT2D eigenvalue weighted by Crippen LogP contribution is -2.33. The van der Waals surface area contributed by atoms with E-state index in [2.05, 4.69) is 23.3 Å². The second-order valence-corrected chi connectivity index (χ2v) is 14.0. The van der Waals surface area contributed by atoms with Gasteiger partial charge in [0.1, 0.15) is 17.0 Å². The summed E-state index contributed by atoms with van der Waals surface area (Å²) in [6, 6.07) is 16.9. The third kappa shape index (κ3) is 9.56. The highest BCUT2D eigenvalue weighted by molar-refractivity contribution is 5.96. The topological polar surface area (TPSA) is 109 Å². The molecule has 1 heterocycles. The number of aromatic nitrogens is 1. The summed E-state index contributed by atoms with van der Waals surface area (Å²) < 4.78 is 6.51. The number of aliphatic hydroxyl groups is 2. The van der Waals surface area contributed by atoms with Crippen molar-refractivity contribution in [2.75, 3.05) is 18.5 Å². The van der Waals surface area contributed by atoms with E-state index in [-0.39, 0.29) is 35.1 Å². The molecule has 7 nitrogen and oxygen atoms in total. The van der Waals surface area contributed by atoms with Crippen LogP contribution in [0.15, 0.2) is 64.2 Å². The highest BCUT2D eigenvalue weighted by Crippen LogP contribution is 2.34. The summed E-state index contributed by atoms with van der Waals surface area (Å²) in [5.41, 5.74) is 1.16. The number of nitrogens with one attached hydrogen (secondary N) is 1. The molecule has 0 spiro atoms. The Balaban J connectivity index is 1.39. The van der Waals surface area contributed by atoms with Crippen LogP contribution in [0.4, 0.5) is 5.69 Å². The van der Waals surface area contributed by atoms with Crippen LogP contribution in [0.2, 0.25) is 0 Å². The Morgan fingerprint density at radius 2 is 1.39 bits per heavy atom. The molecule has 0 unspecified atom stereocenters. The average molecular weight is 693 g/mol. The van der Waals surface area contributed by atoms with E-state index in [1.54, 1.807) is 18.2 Å². The Bertz CT molecular complexity index is 2100. The van der Waals surface area contributed by atoms with Crippen LogP contribution in [0.5, 0.6) is 11.5 Å². The van der Waals surface area contributed by atoms with Gasteiger partial charge in [-0.15, -0.1) is 0 Å². The molecule has 3 aromatic carbocycles. The third-order valence-electron chi connectivity index (χ3n) is 10.0. The first kappa shape index (κ1) is 38.0. The number of ether oxygens (including phenoxy) is 1. The van der Waals surface area contributed by atoms with Crippen LogP contribution in [-0.4, -0.2) is 28.3 Å². The first-order valence-corrected chi connectivity index (χ1v) is 19.5. The maximum absolute atomic E-state index is 14.1. The number of anilines is 1. The molecule has 0 fully saturated rings. The lowest BCUT2D eigenvalue weighted by atomic mass is 9.96. The highest BCUT2D eigenvalue weighted by Gasteiger charge is 2.21. The zero-order valence-corrected chi connectivity index (χ0v) is 30.7. The van der Waals surface area contributed by atoms with Crippen LogP contribution in [-0.2, 0) is 6.42 Å². The van der Waals surface area contributed by atoms with Crippen LogP contribution in [0.3, 0.4) is 0 Å². The lowest BCUT2D eigenvalue weighted by molar-refractivity contribution is 0.311. The largest absolute Gasteiger partial charge is 0.511 e. The minimum atomic E-state index is -0.557. The van der Waals surface area contributed by atoms with Gasteiger partial charge in [-0.1, -0.05) is 134 Å². The number of rotatable bonds is 22. The molecule has 1 aliphatic heterocycles. The first-order chi connectivity index (χ1) is 25.0. The Hall–Kier alpha value is -4.23. The van der Waals surface area contributed by atoms with Gasteiger partial charge in [0.2, 0.25) is 0 Å². The molecule has 0 amide bonds. The summed E-state index contributed by atoms with van der Waals surface area (Å²) in [6.07, 6.45) is 20.0. The molecule has 0 aromatic heterocycles. The monoisotopic (exact) mass is 692 g/mol. The van der Waals surface area contributed by atoms with Crippen molar-refractivity contribution in [3.8, 4) is 11.5 Å². The van der Waals surface area contributed by atoms with Gasteiger partial charge >= 0.3 is 0 Å². The number of aliphatic hydroxyl groups excluding tert-OH is 2. The highest BCUT2D eigenvalue weighted by atomic mass is 16.5. The van der Waals surface area contributed by atoms with E-state index in [0.29, 0.717) is 56.6 Å². The molecule has 0 bridgehead atoms. The van der Waals surface area contributed by atoms with Crippen LogP contribution < -0.4 is 26.3 Å². The summed E-state index contributed by atoms with van der Waals surface area (Å²) in [5, 5.41) is 26.6. The molecule has 3 N–H and O–H groups in total. The Labute approximate surface area is 301 Å². The second kappa shape index (κ2) is 19.4. The number of fused-ring (bicyclic) bond motifs is 2. The van der Waals surface area contributed by atoms with Crippen molar-refractivity contribution in [2.45, 2.75) is 123 Å². The molecule has 0 radical (unpaired) electrons. The number of aryl methyl sites for hydroxylation is 1. The van der Waals surface area contributed by atoms with Gasteiger partial charge in [-0.2, -0.15) is 0 Å². The van der Waals surface area contributed by atoms with E-state index in [1.165, 1.54) is 82.6 Å². The van der Waals surface area contributed by atoms with Crippen molar-refractivity contribution < 1.29 is 14.9 Å². The molecular formula is C44H56N2O5. The first-order valence-electron chi connectivity index (χ1n) is 19.5. The van der Waals surface area contributed by atoms with Crippen molar-refractivity contribution >= 4 is 33.1 Å². The molecule has 51 heavy (non-hydrogen) atoms. The van der Waals surface area contributed by atoms with E-state index in [9.17, 15) is 19.8 Å². The maximum atomic E-state index is 14.1. The van der Waals surface area contributed by atoms with E-state index >= 15 is 0 Å². The zero-order chi connectivity index (χ0) is 36.0. The molecular weight excluding hydrogens is 636 g/mol. The number of nitrogens with zero attached hydrogens (tertiary/aromatic N) is 1. The van der Waals surface area contributed by atoms with E-state index in [0.717, 1.165) is 19.3 Å². The molecule has 0 saturated heterocycles. The molecule has 272 valence electrons. The van der Waals surface area contributed by atoms with Crippen molar-refractivity contribution in [1.82, 2.24) is 4.98 Å². The van der Waals surface area contributed by atoms with Crippen LogP contribution in [0.25, 0.3) is 27.4 Å². The molecule has 3 aromatic rings. The predicted molar refractivity (Wildman–Crippen MR) is 211 cm³/mol. The second-order valence-electron chi connectivity index (χ2n) is 14.0. The van der Waals surface area contributed by atoms with Gasteiger partial charge in [-0.25, -0.2) is 4.98 Å². The number of benzene rings is 3. The number of unbranched alkanes of at least 4 members (excludes halogenated alkanes) is 13. The predicted octanol–water partition coefficient (Wildman–Crippen LogP) is 9.68. The van der Waals surface area contributed by atoms with E-state index in [1.807, 2.05) is 37.3 Å². The zero-order valence-electron chi connectivity index (χ0n) is 30.7. The van der Waals surface area contributed by atoms with Crippen LogP contribution >= 0.6 is 0 Å². The summed E-state index contributed by atoms with van der Waals surface area (Å²) in [4.78, 5) is 32.3. The molecule has 5 rings (SSSR count). The van der Waals surface area contributed by atoms with Crippen molar-refractivity contribution in [3.63, 3.8) is 0 Å². The standard InChI is InChI=1S/C44H56N2O5/c1-3-5-7-8-9-10-11-12-13-14-15-16-17-21-31-22-20-23-32(29-31)51-37-30-35(45-27-28-47)39-41-38(33-24-18-19-25-34(33)43(39)49)40(36(48)26-6-4-2)44(50)46-42(37)41/h18-20,22-25,29-30,45,47-48H,3-17,21,26-28H2,1-2H3. The molecule has 0 atom stereocenters. The smallest absolute Gasteiger partial charge is 0.281 e. The quantitative estimate of drug-likeness (QED) is 0.0620. The van der Waals surface area contributed by atoms with E-state index < -0.39 is 5.56 Å². The molecule has 2 aliphatic rings. The molecule has 7 heteroatoms. The summed E-state index contributed by atoms with van der Waals surface area (Å²) >= 11 is 0. The molecule has 1 aliphatic carbocycles. The number of hydrogen-bond acceptors (Lipinski definition) is 7. The summed E-state index contributed by atoms with van der Waals surface area (Å²) in [6.45, 7) is 4.37. The van der Waals surface area contributed by atoms with Crippen molar-refractivity contribution in [3.05, 3.63) is 96.4 Å². The van der Waals surface area contributed by atoms with Gasteiger partial charge in [0.25, 0.3) is 5.56 Å². The maximum Gasteiger partial charge on any atom is 0.281 e. The van der Waals surface area contributed by atoms with Gasteiger partial charge in [-0.3, -0.25) is 9.59 Å².